The Bertz CT molecular complexity index is 1180. The summed E-state index contributed by atoms with van der Waals surface area (Å²) in [6.07, 6.45) is 0. The van der Waals surface area contributed by atoms with Gasteiger partial charge in [0.15, 0.2) is 5.16 Å². The van der Waals surface area contributed by atoms with Crippen LogP contribution in [0.15, 0.2) is 99.8 Å². The Morgan fingerprint density at radius 1 is 0.893 bits per heavy atom. The van der Waals surface area contributed by atoms with Gasteiger partial charge in [-0.05, 0) is 29.8 Å². The van der Waals surface area contributed by atoms with Crippen LogP contribution in [-0.4, -0.2) is 20.6 Å². The fourth-order valence-electron chi connectivity index (χ4n) is 3.74. The fourth-order valence-corrected chi connectivity index (χ4v) is 6.28. The quantitative estimate of drug-likeness (QED) is 0.438. The molecular weight excluding hydrogens is 384 g/mol. The maximum Gasteiger partial charge on any atom is 0.281 e. The highest BCUT2D eigenvalue weighted by molar-refractivity contribution is 8.03. The third-order valence-electron chi connectivity index (χ3n) is 4.98. The lowest BCUT2D eigenvalue weighted by atomic mass is 10.0. The van der Waals surface area contributed by atoms with Crippen molar-refractivity contribution in [3.63, 3.8) is 0 Å². The van der Waals surface area contributed by atoms with Gasteiger partial charge in [0.05, 0.1) is 16.9 Å². The lowest BCUT2D eigenvalue weighted by molar-refractivity contribution is 0.524. The van der Waals surface area contributed by atoms with Gasteiger partial charge in [0, 0.05) is 15.9 Å². The van der Waals surface area contributed by atoms with E-state index in [4.69, 9.17) is 0 Å². The lowest BCUT2D eigenvalue weighted by Gasteiger charge is -2.35. The maximum absolute atomic E-state index is 12.5. The van der Waals surface area contributed by atoms with Gasteiger partial charge in [-0.25, -0.2) is 0 Å². The van der Waals surface area contributed by atoms with Crippen LogP contribution in [0.4, 0.5) is 0 Å². The van der Waals surface area contributed by atoms with Gasteiger partial charge in [0.25, 0.3) is 5.56 Å². The minimum Gasteiger partial charge on any atom is -0.311 e. The van der Waals surface area contributed by atoms with Crippen LogP contribution in [0.2, 0.25) is 0 Å². The summed E-state index contributed by atoms with van der Waals surface area (Å²) in [5, 5.41) is 1.82. The minimum absolute atomic E-state index is 0.112. The van der Waals surface area contributed by atoms with E-state index in [2.05, 4.69) is 58.1 Å². The summed E-state index contributed by atoms with van der Waals surface area (Å²) < 4.78 is 2.26. The topological polar surface area (TPSA) is 34.9 Å². The highest BCUT2D eigenvalue weighted by Gasteiger charge is 2.33. The van der Waals surface area contributed by atoms with Crippen molar-refractivity contribution in [2.45, 2.75) is 21.3 Å². The Morgan fingerprint density at radius 2 is 1.57 bits per heavy atom. The molecule has 1 aromatic heterocycles. The third-order valence-corrected chi connectivity index (χ3v) is 7.53. The summed E-state index contributed by atoms with van der Waals surface area (Å²) in [4.78, 5) is 18.2. The van der Waals surface area contributed by atoms with E-state index in [0.29, 0.717) is 10.6 Å². The van der Waals surface area contributed by atoms with Crippen LogP contribution in [0.3, 0.4) is 0 Å². The Morgan fingerprint density at radius 3 is 2.36 bits per heavy atom. The minimum atomic E-state index is -0.143. The SMILES string of the molecule is O=c1nc2n(c3ccccc13)[C@H](c1ccccc1)[C@H](Sc1ccccc1)CS2. The number of thioether (sulfide) groups is 2. The van der Waals surface area contributed by atoms with E-state index in [1.165, 1.54) is 10.5 Å². The zero-order valence-electron chi connectivity index (χ0n) is 15.1. The first-order chi connectivity index (χ1) is 13.8. The van der Waals surface area contributed by atoms with E-state index in [1.54, 1.807) is 11.8 Å². The number of rotatable bonds is 3. The summed E-state index contributed by atoms with van der Waals surface area (Å²) in [5.41, 5.74) is 2.06. The Hall–Kier alpha value is -2.50. The summed E-state index contributed by atoms with van der Waals surface area (Å²) >= 11 is 3.57. The normalized spacial score (nSPS) is 18.7. The van der Waals surface area contributed by atoms with Crippen LogP contribution in [0, 0.1) is 0 Å². The molecule has 1 aliphatic rings. The zero-order chi connectivity index (χ0) is 18.9. The zero-order valence-corrected chi connectivity index (χ0v) is 16.7. The lowest BCUT2D eigenvalue weighted by Crippen LogP contribution is -2.33. The largest absolute Gasteiger partial charge is 0.311 e. The number of benzene rings is 3. The first kappa shape index (κ1) is 17.6. The molecule has 0 unspecified atom stereocenters. The predicted molar refractivity (Wildman–Crippen MR) is 117 cm³/mol. The number of hydrogen-bond acceptors (Lipinski definition) is 4. The molecule has 28 heavy (non-hydrogen) atoms. The van der Waals surface area contributed by atoms with Gasteiger partial charge < -0.3 is 4.57 Å². The molecule has 0 N–H and O–H groups in total. The van der Waals surface area contributed by atoms with Gasteiger partial charge in [-0.15, -0.1) is 11.8 Å². The van der Waals surface area contributed by atoms with Crippen LogP contribution in [0.25, 0.3) is 10.9 Å². The number of nitrogens with zero attached hydrogens (tertiary/aromatic N) is 2. The second-order valence-corrected chi connectivity index (χ2v) is 9.02. The van der Waals surface area contributed by atoms with Gasteiger partial charge in [-0.3, -0.25) is 4.79 Å². The number of fused-ring (bicyclic) bond motifs is 3. The smallest absolute Gasteiger partial charge is 0.281 e. The molecule has 0 fully saturated rings. The first-order valence-corrected chi connectivity index (χ1v) is 11.1. The molecule has 4 aromatic rings. The van der Waals surface area contributed by atoms with Gasteiger partial charge >= 0.3 is 0 Å². The van der Waals surface area contributed by atoms with Crippen LogP contribution in [0.5, 0.6) is 0 Å². The molecule has 3 aromatic carbocycles. The molecule has 5 heteroatoms. The van der Waals surface area contributed by atoms with Gasteiger partial charge in [0.1, 0.15) is 0 Å². The van der Waals surface area contributed by atoms with Crippen LogP contribution in [-0.2, 0) is 0 Å². The van der Waals surface area contributed by atoms with Crippen molar-refractivity contribution in [2.75, 3.05) is 5.75 Å². The maximum atomic E-state index is 12.5. The van der Waals surface area contributed by atoms with E-state index < -0.39 is 0 Å². The van der Waals surface area contributed by atoms with Crippen molar-refractivity contribution in [2.24, 2.45) is 0 Å². The van der Waals surface area contributed by atoms with Crippen LogP contribution < -0.4 is 5.56 Å². The average Bonchev–Trinajstić information content (AvgIpc) is 2.75. The van der Waals surface area contributed by atoms with Gasteiger partial charge in [0.2, 0.25) is 0 Å². The second-order valence-electron chi connectivity index (χ2n) is 6.72. The summed E-state index contributed by atoms with van der Waals surface area (Å²) in [6, 6.07) is 29.0. The monoisotopic (exact) mass is 402 g/mol. The molecule has 0 aliphatic carbocycles. The average molecular weight is 403 g/mol. The summed E-state index contributed by atoms with van der Waals surface area (Å²) in [6.45, 7) is 0. The molecule has 2 heterocycles. The first-order valence-electron chi connectivity index (χ1n) is 9.22. The standard InChI is InChI=1S/C23H18N2OS2/c26-22-18-13-7-8-14-19(18)25-21(16-9-3-1-4-10-16)20(15-27-23(25)24-22)28-17-11-5-2-6-12-17/h1-14,20-21H,15H2/t20-,21-/m1/s1. The van der Waals surface area contributed by atoms with Gasteiger partial charge in [-0.2, -0.15) is 4.98 Å². The van der Waals surface area contributed by atoms with Crippen molar-refractivity contribution in [1.82, 2.24) is 9.55 Å². The molecule has 3 nitrogen and oxygen atoms in total. The molecule has 1 aliphatic heterocycles. The fraction of sp³-hybridized carbons (Fsp3) is 0.130. The molecular formula is C23H18N2OS2. The Kier molecular flexibility index (Phi) is 4.71. The molecule has 0 saturated heterocycles. The second kappa shape index (κ2) is 7.49. The molecule has 0 saturated carbocycles. The van der Waals surface area contributed by atoms with E-state index in [-0.39, 0.29) is 11.6 Å². The number of para-hydroxylation sites is 1. The molecule has 138 valence electrons. The summed E-state index contributed by atoms with van der Waals surface area (Å²) in [7, 11) is 0. The number of aromatic nitrogens is 2. The highest BCUT2D eigenvalue weighted by Crippen LogP contribution is 2.43. The molecule has 0 amide bonds. The Balaban J connectivity index is 1.71. The molecule has 5 rings (SSSR count). The van der Waals surface area contributed by atoms with E-state index in [1.807, 2.05) is 48.2 Å². The van der Waals surface area contributed by atoms with Gasteiger partial charge in [-0.1, -0.05) is 72.4 Å². The highest BCUT2D eigenvalue weighted by atomic mass is 32.2. The van der Waals surface area contributed by atoms with Crippen molar-refractivity contribution in [3.8, 4) is 0 Å². The Labute approximate surface area is 171 Å². The third kappa shape index (κ3) is 3.15. The van der Waals surface area contributed by atoms with Crippen LogP contribution >= 0.6 is 23.5 Å². The van der Waals surface area contributed by atoms with Crippen LogP contribution in [0.1, 0.15) is 11.6 Å². The van der Waals surface area contributed by atoms with Crippen molar-refractivity contribution < 1.29 is 0 Å². The van der Waals surface area contributed by atoms with Crippen molar-refractivity contribution in [3.05, 3.63) is 101 Å². The van der Waals surface area contributed by atoms with E-state index in [0.717, 1.165) is 16.4 Å². The molecule has 0 spiro atoms. The molecule has 0 radical (unpaired) electrons. The molecule has 2 atom stereocenters. The van der Waals surface area contributed by atoms with Crippen molar-refractivity contribution in [1.29, 1.82) is 0 Å². The van der Waals surface area contributed by atoms with E-state index in [9.17, 15) is 4.79 Å². The number of hydrogen-bond donors (Lipinski definition) is 0. The van der Waals surface area contributed by atoms with Crippen molar-refractivity contribution >= 4 is 34.4 Å². The predicted octanol–water partition coefficient (Wildman–Crippen LogP) is 5.25. The van der Waals surface area contributed by atoms with E-state index >= 15 is 0 Å². The molecule has 0 bridgehead atoms. The summed E-state index contributed by atoms with van der Waals surface area (Å²) in [5.74, 6) is 0.907.